The molecule has 12 nitrogen and oxygen atoms in total. The van der Waals surface area contributed by atoms with Gasteiger partial charge in [-0.25, -0.2) is 0 Å². The minimum atomic E-state index is -4.10. The summed E-state index contributed by atoms with van der Waals surface area (Å²) in [6.07, 6.45) is 0. The van der Waals surface area contributed by atoms with Crippen molar-refractivity contribution in [3.63, 3.8) is 0 Å². The number of anilines is 4. The largest absolute Gasteiger partial charge is 0.505 e. The molecule has 4 rings (SSSR count). The molecule has 0 atom stereocenters. The third kappa shape index (κ3) is 11.2. The van der Waals surface area contributed by atoms with Crippen LogP contribution in [0, 0.1) is 13.8 Å². The molecule has 0 saturated carbocycles. The number of rotatable bonds is 8. The number of amides is 3. The van der Waals surface area contributed by atoms with Crippen LogP contribution in [0.1, 0.15) is 91.4 Å². The molecule has 0 saturated heterocycles. The summed E-state index contributed by atoms with van der Waals surface area (Å²) in [4.78, 5) is 36.9. The zero-order valence-corrected chi connectivity index (χ0v) is 33.1. The second kappa shape index (κ2) is 16.7. The van der Waals surface area contributed by atoms with E-state index >= 15 is 0 Å². The molecule has 4 aromatic rings. The number of benzene rings is 4. The summed E-state index contributed by atoms with van der Waals surface area (Å²) in [6, 6.07) is 18.2. The number of para-hydroxylation sites is 1. The van der Waals surface area contributed by atoms with Crippen molar-refractivity contribution in [2.24, 2.45) is 0 Å². The van der Waals surface area contributed by atoms with Gasteiger partial charge in [-0.2, -0.15) is 8.42 Å². The molecule has 0 aliphatic carbocycles. The molecule has 0 aromatic heterocycles. The van der Waals surface area contributed by atoms with Crippen LogP contribution < -0.4 is 20.7 Å². The number of nitrogens with one attached hydrogen (secondary N) is 4. The van der Waals surface area contributed by atoms with Crippen LogP contribution in [-0.4, -0.2) is 43.5 Å². The highest BCUT2D eigenvalue weighted by Crippen LogP contribution is 2.39. The Morgan fingerprint density at radius 2 is 1.15 bits per heavy atom. The van der Waals surface area contributed by atoms with Gasteiger partial charge in [-0.05, 0) is 72.2 Å². The molecular weight excluding hydrogens is 720 g/mol. The van der Waals surface area contributed by atoms with E-state index in [1.165, 1.54) is 25.1 Å². The smallest absolute Gasteiger partial charge is 0.359 e. The van der Waals surface area contributed by atoms with E-state index < -0.39 is 22.1 Å². The van der Waals surface area contributed by atoms with Crippen LogP contribution in [0.15, 0.2) is 66.7 Å². The molecule has 0 spiro atoms. The molecule has 0 heterocycles. The van der Waals surface area contributed by atoms with E-state index in [9.17, 15) is 33.0 Å². The lowest BCUT2D eigenvalue weighted by molar-refractivity contribution is -0.114. The highest BCUT2D eigenvalue weighted by Gasteiger charge is 2.25. The lowest BCUT2D eigenvalue weighted by Gasteiger charge is -2.23. The van der Waals surface area contributed by atoms with Gasteiger partial charge in [0, 0.05) is 18.1 Å². The van der Waals surface area contributed by atoms with E-state index in [-0.39, 0.29) is 50.2 Å². The maximum Gasteiger partial charge on any atom is 0.359 e. The molecular formula is C39H47ClN4O8S. The standard InChI is InChI=1S/C20H24N2O3.C19H23ClN2O5S/c1-12-10-15(20(3,4)5)18(24)17(11-12)22-19(25)14-8-6-7-9-16(14)21-13(2)23;1-11-9-12(19(2,3)4)17(23)15(10-11)21-18(24)16-13(20)7-6-8-14(16)22-28(25,26)27-5/h6-11,24H,1-5H3,(H,21,23)(H,22,25);6-10,22-23H,1-5H3,(H,21,24). The average molecular weight is 767 g/mol. The first-order chi connectivity index (χ1) is 24.4. The molecule has 0 bridgehead atoms. The van der Waals surface area contributed by atoms with Crippen molar-refractivity contribution in [2.45, 2.75) is 73.1 Å². The molecule has 14 heteroatoms. The molecule has 0 radical (unpaired) electrons. The van der Waals surface area contributed by atoms with Gasteiger partial charge in [0.1, 0.15) is 11.5 Å². The number of hydrogen-bond acceptors (Lipinski definition) is 8. The van der Waals surface area contributed by atoms with Crippen LogP contribution >= 0.6 is 11.6 Å². The van der Waals surface area contributed by atoms with E-state index in [1.807, 2.05) is 67.5 Å². The Bertz CT molecular complexity index is 2140. The number of hydrogen-bond donors (Lipinski definition) is 6. The monoisotopic (exact) mass is 766 g/mol. The third-order valence-electron chi connectivity index (χ3n) is 7.80. The average Bonchev–Trinajstić information content (AvgIpc) is 3.03. The highest BCUT2D eigenvalue weighted by molar-refractivity contribution is 7.88. The first kappa shape index (κ1) is 42.3. The normalized spacial score (nSPS) is 11.5. The van der Waals surface area contributed by atoms with Crippen LogP contribution in [0.5, 0.6) is 11.5 Å². The fourth-order valence-electron chi connectivity index (χ4n) is 5.26. The molecule has 53 heavy (non-hydrogen) atoms. The number of phenols is 2. The van der Waals surface area contributed by atoms with Crippen LogP contribution in [0.2, 0.25) is 5.02 Å². The Kier molecular flexibility index (Phi) is 13.3. The summed E-state index contributed by atoms with van der Waals surface area (Å²) >= 11 is 6.14. The predicted molar refractivity (Wildman–Crippen MR) is 211 cm³/mol. The zero-order valence-electron chi connectivity index (χ0n) is 31.5. The van der Waals surface area contributed by atoms with Crippen molar-refractivity contribution in [1.82, 2.24) is 0 Å². The number of aromatic hydroxyl groups is 2. The van der Waals surface area contributed by atoms with Gasteiger partial charge in [-0.1, -0.05) is 83.5 Å². The summed E-state index contributed by atoms with van der Waals surface area (Å²) in [5.74, 6) is -1.33. The van der Waals surface area contributed by atoms with Crippen molar-refractivity contribution >= 4 is 62.4 Å². The van der Waals surface area contributed by atoms with Gasteiger partial charge in [0.05, 0.1) is 46.0 Å². The second-order valence-electron chi connectivity index (χ2n) is 14.4. The summed E-state index contributed by atoms with van der Waals surface area (Å²) in [5, 5.41) is 29.3. The van der Waals surface area contributed by atoms with Crippen molar-refractivity contribution in [1.29, 1.82) is 0 Å². The first-order valence-corrected chi connectivity index (χ1v) is 18.3. The fourth-order valence-corrected chi connectivity index (χ4v) is 6.05. The van der Waals surface area contributed by atoms with E-state index in [0.29, 0.717) is 22.5 Å². The Morgan fingerprint density at radius 3 is 1.62 bits per heavy atom. The maximum absolute atomic E-state index is 12.9. The summed E-state index contributed by atoms with van der Waals surface area (Å²) < 4.78 is 30.0. The van der Waals surface area contributed by atoms with E-state index in [0.717, 1.165) is 23.8 Å². The summed E-state index contributed by atoms with van der Waals surface area (Å²) in [6.45, 7) is 17.0. The number of carbonyl (C=O) groups is 3. The Balaban J connectivity index is 0.000000287. The van der Waals surface area contributed by atoms with Crippen LogP contribution in [0.3, 0.4) is 0 Å². The Labute approximate surface area is 316 Å². The van der Waals surface area contributed by atoms with Crippen LogP contribution in [0.4, 0.5) is 22.7 Å². The minimum Gasteiger partial charge on any atom is -0.505 e. The van der Waals surface area contributed by atoms with Gasteiger partial charge in [0.15, 0.2) is 0 Å². The zero-order chi connectivity index (χ0) is 40.1. The molecule has 4 aromatic carbocycles. The van der Waals surface area contributed by atoms with E-state index in [2.05, 4.69) is 24.9 Å². The lowest BCUT2D eigenvalue weighted by Crippen LogP contribution is -2.20. The van der Waals surface area contributed by atoms with Crippen LogP contribution in [0.25, 0.3) is 0 Å². The quantitative estimate of drug-likeness (QED) is 0.0966. The maximum atomic E-state index is 12.9. The van der Waals surface area contributed by atoms with Crippen LogP contribution in [-0.2, 0) is 30.1 Å². The van der Waals surface area contributed by atoms with Crippen molar-refractivity contribution in [3.05, 3.63) is 105 Å². The van der Waals surface area contributed by atoms with Gasteiger partial charge in [-0.15, -0.1) is 0 Å². The van der Waals surface area contributed by atoms with Gasteiger partial charge in [0.2, 0.25) is 5.91 Å². The topological polar surface area (TPSA) is 183 Å². The Morgan fingerprint density at radius 1 is 0.679 bits per heavy atom. The molecule has 3 amide bonds. The van der Waals surface area contributed by atoms with Gasteiger partial charge < -0.3 is 26.2 Å². The summed E-state index contributed by atoms with van der Waals surface area (Å²) in [5.41, 5.74) is 3.78. The molecule has 0 fully saturated rings. The summed E-state index contributed by atoms with van der Waals surface area (Å²) in [7, 11) is -3.11. The van der Waals surface area contributed by atoms with Crippen molar-refractivity contribution < 1.29 is 37.2 Å². The van der Waals surface area contributed by atoms with Gasteiger partial charge in [0.25, 0.3) is 11.8 Å². The predicted octanol–water partition coefficient (Wildman–Crippen LogP) is 8.42. The van der Waals surface area contributed by atoms with E-state index in [1.54, 1.807) is 36.4 Å². The Hall–Kier alpha value is -5.11. The van der Waals surface area contributed by atoms with E-state index in [4.69, 9.17) is 11.6 Å². The van der Waals surface area contributed by atoms with Crippen molar-refractivity contribution in [3.8, 4) is 11.5 Å². The molecule has 6 N–H and O–H groups in total. The first-order valence-electron chi connectivity index (χ1n) is 16.5. The fraction of sp³-hybridized carbons (Fsp3) is 0.308. The highest BCUT2D eigenvalue weighted by atomic mass is 35.5. The SMILES string of the molecule is CC(=O)Nc1ccccc1C(=O)Nc1cc(C)cc(C(C)(C)C)c1O.COS(=O)(=O)Nc1cccc(Cl)c1C(=O)Nc1cc(C)cc(C(C)(C)C)c1O. The molecule has 0 aliphatic rings. The third-order valence-corrected chi connectivity index (χ3v) is 9.02. The molecule has 0 aliphatic heterocycles. The van der Waals surface area contributed by atoms with Gasteiger partial charge in [-0.3, -0.25) is 23.3 Å². The van der Waals surface area contributed by atoms with Gasteiger partial charge >= 0.3 is 10.3 Å². The number of phenolic OH excluding ortho intramolecular Hbond substituents is 2. The number of carbonyl (C=O) groups excluding carboxylic acids is 3. The molecule has 0 unspecified atom stereocenters. The van der Waals surface area contributed by atoms with Crippen molar-refractivity contribution in [2.75, 3.05) is 27.8 Å². The second-order valence-corrected chi connectivity index (χ2v) is 16.3. The number of halogens is 1. The molecule has 284 valence electrons. The lowest BCUT2D eigenvalue weighted by atomic mass is 9.85. The number of aryl methyl sites for hydroxylation is 2. The minimum absolute atomic E-state index is 0.0389.